The van der Waals surface area contributed by atoms with Crippen LogP contribution in [0.5, 0.6) is 0 Å². The molecule has 3 aromatic heterocycles. The maximum Gasteiger partial charge on any atom is 0.353 e. The minimum absolute atomic E-state index is 0.0594. The normalized spacial score (nSPS) is 18.5. The highest BCUT2D eigenvalue weighted by Gasteiger charge is 2.27. The van der Waals surface area contributed by atoms with E-state index in [1.807, 2.05) is 56.3 Å². The summed E-state index contributed by atoms with van der Waals surface area (Å²) in [6.45, 7) is 4.39. The molecule has 5 rings (SSSR count). The Kier molecular flexibility index (Phi) is 4.97. The molecule has 4 aromatic rings. The molecular weight excluding hydrogens is 409 g/mol. The van der Waals surface area contributed by atoms with Crippen LogP contribution < -0.4 is 16.7 Å². The zero-order chi connectivity index (χ0) is 22.4. The molecule has 0 aliphatic carbocycles. The zero-order valence-electron chi connectivity index (χ0n) is 17.9. The summed E-state index contributed by atoms with van der Waals surface area (Å²) < 4.78 is 16.3. The van der Waals surface area contributed by atoms with Crippen LogP contribution in [-0.2, 0) is 6.54 Å². The Bertz CT molecular complexity index is 1340. The van der Waals surface area contributed by atoms with E-state index in [0.29, 0.717) is 23.3 Å². The lowest BCUT2D eigenvalue weighted by atomic mass is 9.99. The number of aromatic nitrogens is 5. The molecule has 0 unspecified atom stereocenters. The van der Waals surface area contributed by atoms with E-state index in [9.17, 15) is 9.18 Å². The van der Waals surface area contributed by atoms with Gasteiger partial charge in [0.15, 0.2) is 5.65 Å². The number of nitrogens with one attached hydrogen (secondary N) is 1. The molecule has 32 heavy (non-hydrogen) atoms. The van der Waals surface area contributed by atoms with Gasteiger partial charge >= 0.3 is 5.69 Å². The molecule has 0 saturated carbocycles. The van der Waals surface area contributed by atoms with Crippen LogP contribution in [0.15, 0.2) is 47.3 Å². The lowest BCUT2D eigenvalue weighted by Crippen LogP contribution is -2.33. The minimum atomic E-state index is -0.914. The van der Waals surface area contributed by atoms with Crippen LogP contribution in [0.1, 0.15) is 17.8 Å². The number of hydrogen-bond acceptors (Lipinski definition) is 6. The Morgan fingerprint density at radius 3 is 2.50 bits per heavy atom. The van der Waals surface area contributed by atoms with Crippen LogP contribution in [0.25, 0.3) is 28.0 Å². The third-order valence-corrected chi connectivity index (χ3v) is 5.73. The molecule has 1 aliphatic rings. The molecule has 0 radical (unpaired) electrons. The Labute approximate surface area is 183 Å². The highest BCUT2D eigenvalue weighted by Crippen LogP contribution is 2.34. The number of alkyl halides is 1. The minimum Gasteiger partial charge on any atom is -0.369 e. The molecule has 0 amide bonds. The zero-order valence-corrected chi connectivity index (χ0v) is 17.9. The van der Waals surface area contributed by atoms with Crippen molar-refractivity contribution in [1.29, 1.82) is 0 Å². The fourth-order valence-corrected chi connectivity index (χ4v) is 4.39. The second kappa shape index (κ2) is 7.83. The van der Waals surface area contributed by atoms with Crippen molar-refractivity contribution >= 4 is 11.6 Å². The van der Waals surface area contributed by atoms with Gasteiger partial charge < -0.3 is 11.1 Å². The summed E-state index contributed by atoms with van der Waals surface area (Å²) in [7, 11) is 0. The number of benzene rings is 1. The van der Waals surface area contributed by atoms with Crippen LogP contribution in [-0.4, -0.2) is 42.9 Å². The summed E-state index contributed by atoms with van der Waals surface area (Å²) in [4.78, 5) is 22.3. The maximum atomic E-state index is 13.6. The van der Waals surface area contributed by atoms with Gasteiger partial charge in [-0.15, -0.1) is 5.10 Å². The van der Waals surface area contributed by atoms with Crippen molar-refractivity contribution in [2.45, 2.75) is 39.0 Å². The van der Waals surface area contributed by atoms with Gasteiger partial charge in [0.25, 0.3) is 0 Å². The van der Waals surface area contributed by atoms with E-state index in [2.05, 4.69) is 20.4 Å². The van der Waals surface area contributed by atoms with Crippen molar-refractivity contribution in [2.75, 3.05) is 12.3 Å². The van der Waals surface area contributed by atoms with E-state index in [4.69, 9.17) is 5.73 Å². The van der Waals surface area contributed by atoms with Crippen molar-refractivity contribution < 1.29 is 4.39 Å². The Morgan fingerprint density at radius 2 is 1.84 bits per heavy atom. The molecule has 0 bridgehead atoms. The predicted octanol–water partition coefficient (Wildman–Crippen LogP) is 2.52. The average Bonchev–Trinajstić information content (AvgIpc) is 3.31. The number of aryl methyl sites for hydroxylation is 2. The molecule has 3 N–H and O–H groups in total. The van der Waals surface area contributed by atoms with Gasteiger partial charge in [0.05, 0.1) is 17.8 Å². The molecule has 8 nitrogen and oxygen atoms in total. The first-order valence-electron chi connectivity index (χ1n) is 10.6. The third-order valence-electron chi connectivity index (χ3n) is 5.73. The second-order valence-corrected chi connectivity index (χ2v) is 8.26. The van der Waals surface area contributed by atoms with Gasteiger partial charge in [0.1, 0.15) is 6.17 Å². The van der Waals surface area contributed by atoms with Crippen molar-refractivity contribution in [3.8, 4) is 22.4 Å². The first-order valence-corrected chi connectivity index (χ1v) is 10.6. The number of anilines is 1. The van der Waals surface area contributed by atoms with Gasteiger partial charge in [-0.05, 0) is 38.0 Å². The number of rotatable bonds is 4. The number of hydrogen-bond donors (Lipinski definition) is 2. The Morgan fingerprint density at radius 1 is 1.12 bits per heavy atom. The summed E-state index contributed by atoms with van der Waals surface area (Å²) in [5.41, 5.74) is 11.0. The molecule has 1 saturated heterocycles. The Hall–Kier alpha value is -3.59. The molecular formula is C23H24FN7O. The first-order chi connectivity index (χ1) is 15.4. The van der Waals surface area contributed by atoms with Gasteiger partial charge in [0.2, 0.25) is 5.95 Å². The van der Waals surface area contributed by atoms with Gasteiger partial charge in [-0.2, -0.15) is 0 Å². The van der Waals surface area contributed by atoms with Gasteiger partial charge in [-0.25, -0.2) is 23.3 Å². The van der Waals surface area contributed by atoms with Crippen molar-refractivity contribution in [2.24, 2.45) is 0 Å². The summed E-state index contributed by atoms with van der Waals surface area (Å²) in [6, 6.07) is 13.4. The average molecular weight is 433 g/mol. The predicted molar refractivity (Wildman–Crippen MR) is 121 cm³/mol. The lowest BCUT2D eigenvalue weighted by Gasteiger charge is -2.13. The molecule has 1 aromatic carbocycles. The van der Waals surface area contributed by atoms with Gasteiger partial charge in [-0.1, -0.05) is 30.3 Å². The largest absolute Gasteiger partial charge is 0.369 e. The van der Waals surface area contributed by atoms with Crippen LogP contribution in [0.4, 0.5) is 10.3 Å². The number of nitrogen functional groups attached to an aromatic ring is 1. The third kappa shape index (κ3) is 3.54. The van der Waals surface area contributed by atoms with Gasteiger partial charge in [0, 0.05) is 29.5 Å². The van der Waals surface area contributed by atoms with Crippen molar-refractivity contribution in [3.05, 3.63) is 64.3 Å². The number of nitrogens with zero attached hydrogens (tertiary/aromatic N) is 5. The van der Waals surface area contributed by atoms with E-state index in [1.54, 1.807) is 0 Å². The van der Waals surface area contributed by atoms with Gasteiger partial charge in [-0.3, -0.25) is 4.98 Å². The number of fused-ring (bicyclic) bond motifs is 1. The maximum absolute atomic E-state index is 13.6. The molecule has 2 atom stereocenters. The number of pyridine rings is 1. The first kappa shape index (κ1) is 20.3. The monoisotopic (exact) mass is 433 g/mol. The van der Waals surface area contributed by atoms with E-state index in [0.717, 1.165) is 22.5 Å². The molecule has 1 aliphatic heterocycles. The second-order valence-electron chi connectivity index (χ2n) is 8.26. The quantitative estimate of drug-likeness (QED) is 0.513. The van der Waals surface area contributed by atoms with E-state index < -0.39 is 11.9 Å². The number of halogens is 1. The summed E-state index contributed by atoms with van der Waals surface area (Å²) in [6.07, 6.45) is -0.568. The summed E-state index contributed by atoms with van der Waals surface area (Å²) in [5.74, 6) is 0.0594. The van der Waals surface area contributed by atoms with E-state index in [-0.39, 0.29) is 25.1 Å². The summed E-state index contributed by atoms with van der Waals surface area (Å²) >= 11 is 0. The molecule has 4 heterocycles. The highest BCUT2D eigenvalue weighted by molar-refractivity contribution is 5.90. The Balaban J connectivity index is 1.78. The van der Waals surface area contributed by atoms with E-state index in [1.165, 1.54) is 9.08 Å². The molecule has 9 heteroatoms. The SMILES string of the molecule is Cc1cc(-c2c(-c3ccccc3)nc(N)n3c(=O)n(C[C@@H]4C[C@@H](F)CN4)nc23)cc(C)n1. The van der Waals surface area contributed by atoms with Crippen LogP contribution in [0.2, 0.25) is 0 Å². The fraction of sp³-hybridized carbons (Fsp3) is 0.304. The smallest absolute Gasteiger partial charge is 0.353 e. The molecule has 0 spiro atoms. The standard InChI is InChI=1S/C23H24FN7O/c1-13-8-16(9-14(2)27-13)19-20(15-6-4-3-5-7-15)28-22(25)31-21(19)29-30(23(31)32)12-18-10-17(24)11-26-18/h3-9,17-18,26H,10-12H2,1-2H3,(H2,25,28)/t17-,18+/m1/s1. The molecule has 1 fully saturated rings. The van der Waals surface area contributed by atoms with Crippen molar-refractivity contribution in [3.63, 3.8) is 0 Å². The van der Waals surface area contributed by atoms with Crippen LogP contribution in [0, 0.1) is 13.8 Å². The summed E-state index contributed by atoms with van der Waals surface area (Å²) in [5, 5.41) is 7.75. The lowest BCUT2D eigenvalue weighted by molar-refractivity contribution is 0.349. The fourth-order valence-electron chi connectivity index (χ4n) is 4.39. The molecule has 164 valence electrons. The topological polar surface area (TPSA) is 103 Å². The van der Waals surface area contributed by atoms with Crippen LogP contribution >= 0.6 is 0 Å². The van der Waals surface area contributed by atoms with Crippen molar-refractivity contribution in [1.82, 2.24) is 29.5 Å². The highest BCUT2D eigenvalue weighted by atomic mass is 19.1. The number of nitrogens with two attached hydrogens (primary N) is 1. The van der Waals surface area contributed by atoms with Crippen LogP contribution in [0.3, 0.4) is 0 Å². The van der Waals surface area contributed by atoms with E-state index >= 15 is 0 Å².